The fourth-order valence-corrected chi connectivity index (χ4v) is 4.61. The summed E-state index contributed by atoms with van der Waals surface area (Å²) in [5.74, 6) is -0.321. The van der Waals surface area contributed by atoms with E-state index < -0.39 is 12.0 Å². The van der Waals surface area contributed by atoms with E-state index in [-0.39, 0.29) is 30.9 Å². The second kappa shape index (κ2) is 10.3. The zero-order valence-corrected chi connectivity index (χ0v) is 19.8. The predicted molar refractivity (Wildman–Crippen MR) is 122 cm³/mol. The smallest absolute Gasteiger partial charge is 0.329 e. The lowest BCUT2D eigenvalue weighted by Crippen LogP contribution is -2.46. The van der Waals surface area contributed by atoms with E-state index in [4.69, 9.17) is 4.74 Å². The third kappa shape index (κ3) is 6.09. The van der Waals surface area contributed by atoms with Gasteiger partial charge in [-0.15, -0.1) is 0 Å². The van der Waals surface area contributed by atoms with E-state index >= 15 is 0 Å². The number of carbonyl (C=O) groups excluding carboxylic acids is 3. The van der Waals surface area contributed by atoms with Crippen molar-refractivity contribution in [3.63, 3.8) is 0 Å². The highest BCUT2D eigenvalue weighted by molar-refractivity contribution is 9.10. The van der Waals surface area contributed by atoms with Gasteiger partial charge in [0.05, 0.1) is 0 Å². The van der Waals surface area contributed by atoms with Gasteiger partial charge in [-0.2, -0.15) is 0 Å². The highest BCUT2D eigenvalue weighted by Gasteiger charge is 2.29. The summed E-state index contributed by atoms with van der Waals surface area (Å²) in [5, 5.41) is 6.60. The quantitative estimate of drug-likeness (QED) is 0.516. The third-order valence-corrected chi connectivity index (χ3v) is 6.71. The lowest BCUT2D eigenvalue weighted by atomic mass is 9.78. The Kier molecular flexibility index (Phi) is 7.75. The van der Waals surface area contributed by atoms with Crippen molar-refractivity contribution in [1.29, 1.82) is 0 Å². The number of fused-ring (bicyclic) bond motifs is 1. The number of H-pyrrole nitrogens is 1. The number of hydrogen-bond donors (Lipinski definition) is 3. The first-order valence-electron chi connectivity index (χ1n) is 10.7. The fraction of sp³-hybridized carbons (Fsp3) is 0.522. The number of carbonyl (C=O) groups is 3. The number of amides is 2. The highest BCUT2D eigenvalue weighted by atomic mass is 79.9. The normalized spacial score (nSPS) is 22.0. The summed E-state index contributed by atoms with van der Waals surface area (Å²) in [6, 6.07) is 5.04. The van der Waals surface area contributed by atoms with Crippen LogP contribution in [0.1, 0.15) is 45.6 Å². The van der Waals surface area contributed by atoms with Crippen LogP contribution in [0.25, 0.3) is 10.9 Å². The van der Waals surface area contributed by atoms with E-state index in [1.54, 1.807) is 0 Å². The molecule has 0 saturated heterocycles. The third-order valence-electron chi connectivity index (χ3n) is 6.21. The van der Waals surface area contributed by atoms with Gasteiger partial charge in [0.2, 0.25) is 5.91 Å². The van der Waals surface area contributed by atoms with Crippen LogP contribution in [0.4, 0.5) is 0 Å². The molecule has 0 radical (unpaired) electrons. The van der Waals surface area contributed by atoms with Gasteiger partial charge in [-0.05, 0) is 42.0 Å². The van der Waals surface area contributed by atoms with Gasteiger partial charge in [0.15, 0.2) is 6.61 Å². The Morgan fingerprint density at radius 2 is 2.03 bits per heavy atom. The van der Waals surface area contributed by atoms with Crippen LogP contribution in [0.15, 0.2) is 28.9 Å². The first-order valence-corrected chi connectivity index (χ1v) is 11.5. The van der Waals surface area contributed by atoms with E-state index in [1.807, 2.05) is 24.4 Å². The molecule has 1 aromatic heterocycles. The van der Waals surface area contributed by atoms with Gasteiger partial charge in [0.25, 0.3) is 5.91 Å². The van der Waals surface area contributed by atoms with Crippen LogP contribution in [0.2, 0.25) is 0 Å². The molecule has 0 bridgehead atoms. The lowest BCUT2D eigenvalue weighted by Gasteiger charge is -2.34. The van der Waals surface area contributed by atoms with Crippen molar-refractivity contribution in [2.24, 2.45) is 11.8 Å². The van der Waals surface area contributed by atoms with Crippen LogP contribution < -0.4 is 10.6 Å². The number of hydrogen-bond acceptors (Lipinski definition) is 4. The standard InChI is InChI=1S/C23H30BrN3O4/c1-13-5-4-6-19(14(13)2)27-22(29)12-31-23(30)21(26-15(3)28)9-16-11-25-20-8-7-17(24)10-18(16)20/h7-8,10-11,13-14,19,21,25H,4-6,9,12H2,1-3H3,(H,26,28)(H,27,29). The molecule has 1 fully saturated rings. The van der Waals surface area contributed by atoms with Gasteiger partial charge in [0, 0.05) is 41.0 Å². The molecule has 0 aliphatic heterocycles. The molecule has 1 aliphatic carbocycles. The molecular weight excluding hydrogens is 462 g/mol. The van der Waals surface area contributed by atoms with Crippen LogP contribution in [-0.2, 0) is 25.5 Å². The summed E-state index contributed by atoms with van der Waals surface area (Å²) in [6.45, 7) is 5.34. The average Bonchev–Trinajstić information content (AvgIpc) is 3.10. The van der Waals surface area contributed by atoms with E-state index in [9.17, 15) is 14.4 Å². The van der Waals surface area contributed by atoms with Crippen LogP contribution in [-0.4, -0.2) is 41.5 Å². The fourth-order valence-electron chi connectivity index (χ4n) is 4.25. The molecule has 31 heavy (non-hydrogen) atoms. The second-order valence-corrected chi connectivity index (χ2v) is 9.43. The van der Waals surface area contributed by atoms with Crippen molar-refractivity contribution < 1.29 is 19.1 Å². The monoisotopic (exact) mass is 491 g/mol. The summed E-state index contributed by atoms with van der Waals surface area (Å²) in [7, 11) is 0. The predicted octanol–water partition coefficient (Wildman–Crippen LogP) is 3.46. The van der Waals surface area contributed by atoms with E-state index in [1.165, 1.54) is 13.3 Å². The van der Waals surface area contributed by atoms with Gasteiger partial charge in [-0.3, -0.25) is 9.59 Å². The molecular formula is C23H30BrN3O4. The molecule has 1 aliphatic rings. The summed E-state index contributed by atoms with van der Waals surface area (Å²) in [6.07, 6.45) is 5.27. The molecule has 7 nitrogen and oxygen atoms in total. The molecule has 1 heterocycles. The topological polar surface area (TPSA) is 100 Å². The van der Waals surface area contributed by atoms with Crippen LogP contribution in [0, 0.1) is 11.8 Å². The number of benzene rings is 1. The van der Waals surface area contributed by atoms with Crippen molar-refractivity contribution in [2.45, 2.75) is 58.5 Å². The Bertz CT molecular complexity index is 957. The van der Waals surface area contributed by atoms with Crippen LogP contribution >= 0.6 is 15.9 Å². The summed E-state index contributed by atoms with van der Waals surface area (Å²) < 4.78 is 6.19. The minimum absolute atomic E-state index is 0.103. The Morgan fingerprint density at radius 3 is 2.77 bits per heavy atom. The maximum absolute atomic E-state index is 12.7. The van der Waals surface area contributed by atoms with Crippen molar-refractivity contribution in [3.8, 4) is 0 Å². The first kappa shape index (κ1) is 23.3. The van der Waals surface area contributed by atoms with Crippen molar-refractivity contribution in [1.82, 2.24) is 15.6 Å². The van der Waals surface area contributed by atoms with Crippen LogP contribution in [0.3, 0.4) is 0 Å². The minimum Gasteiger partial charge on any atom is -0.454 e. The maximum atomic E-state index is 12.7. The largest absolute Gasteiger partial charge is 0.454 e. The zero-order chi connectivity index (χ0) is 22.5. The van der Waals surface area contributed by atoms with E-state index in [0.29, 0.717) is 11.8 Å². The number of esters is 1. The summed E-state index contributed by atoms with van der Waals surface area (Å²) >= 11 is 3.46. The lowest BCUT2D eigenvalue weighted by molar-refractivity contribution is -0.151. The summed E-state index contributed by atoms with van der Waals surface area (Å²) in [4.78, 5) is 39.9. The van der Waals surface area contributed by atoms with Gasteiger partial charge < -0.3 is 20.4 Å². The molecule has 4 atom stereocenters. The van der Waals surface area contributed by atoms with Gasteiger partial charge in [-0.1, -0.05) is 42.6 Å². The number of halogens is 1. The highest BCUT2D eigenvalue weighted by Crippen LogP contribution is 2.29. The van der Waals surface area contributed by atoms with Gasteiger partial charge in [0.1, 0.15) is 6.04 Å². The maximum Gasteiger partial charge on any atom is 0.329 e. The van der Waals surface area contributed by atoms with Gasteiger partial charge >= 0.3 is 5.97 Å². The average molecular weight is 492 g/mol. The number of aromatic amines is 1. The Balaban J connectivity index is 1.61. The molecule has 3 rings (SSSR count). The minimum atomic E-state index is -0.878. The van der Waals surface area contributed by atoms with Crippen LogP contribution in [0.5, 0.6) is 0 Å². The summed E-state index contributed by atoms with van der Waals surface area (Å²) in [5.41, 5.74) is 1.81. The molecule has 4 unspecified atom stereocenters. The molecule has 2 amide bonds. The molecule has 1 saturated carbocycles. The number of ether oxygens (including phenoxy) is 1. The number of nitrogens with one attached hydrogen (secondary N) is 3. The van der Waals surface area contributed by atoms with Crippen molar-refractivity contribution in [2.75, 3.05) is 6.61 Å². The van der Waals surface area contributed by atoms with Crippen molar-refractivity contribution in [3.05, 3.63) is 34.4 Å². The van der Waals surface area contributed by atoms with E-state index in [2.05, 4.69) is 45.4 Å². The SMILES string of the molecule is CC(=O)NC(Cc1c[nH]c2ccc(Br)cc12)C(=O)OCC(=O)NC1CCCC(C)C1C. The van der Waals surface area contributed by atoms with Gasteiger partial charge in [-0.25, -0.2) is 4.79 Å². The molecule has 2 aromatic rings. The first-order chi connectivity index (χ1) is 14.7. The molecule has 0 spiro atoms. The Hall–Kier alpha value is -2.35. The van der Waals surface area contributed by atoms with Crippen molar-refractivity contribution >= 4 is 44.6 Å². The Labute approximate surface area is 190 Å². The van der Waals surface area contributed by atoms with E-state index in [0.717, 1.165) is 33.8 Å². The molecule has 1 aromatic carbocycles. The molecule has 168 valence electrons. The number of rotatable bonds is 7. The molecule has 3 N–H and O–H groups in total. The molecule has 8 heteroatoms. The zero-order valence-electron chi connectivity index (χ0n) is 18.2. The number of aromatic nitrogens is 1. The second-order valence-electron chi connectivity index (χ2n) is 8.51. The Morgan fingerprint density at radius 1 is 1.26 bits per heavy atom.